The first-order chi connectivity index (χ1) is 15.7. The molecule has 0 saturated carbocycles. The van der Waals surface area contributed by atoms with E-state index in [-0.39, 0.29) is 11.4 Å². The fourth-order valence-electron chi connectivity index (χ4n) is 3.36. The number of imide groups is 1. The van der Waals surface area contributed by atoms with Gasteiger partial charge in [0.2, 0.25) is 5.91 Å². The summed E-state index contributed by atoms with van der Waals surface area (Å²) >= 11 is 13.0. The highest BCUT2D eigenvalue weighted by Gasteiger charge is 2.36. The van der Waals surface area contributed by atoms with E-state index in [4.69, 9.17) is 27.6 Å². The monoisotopic (exact) mass is 500 g/mol. The van der Waals surface area contributed by atoms with Gasteiger partial charge in [0, 0.05) is 22.3 Å². The molecule has 0 atom stereocenters. The number of nitrogens with zero attached hydrogens (tertiary/aromatic N) is 1. The third-order valence-electron chi connectivity index (χ3n) is 5.01. The van der Waals surface area contributed by atoms with Crippen LogP contribution in [0.4, 0.5) is 10.5 Å². The van der Waals surface area contributed by atoms with Crippen molar-refractivity contribution < 1.29 is 18.8 Å². The van der Waals surface area contributed by atoms with E-state index in [1.165, 1.54) is 6.08 Å². The fourth-order valence-corrected chi connectivity index (χ4v) is 4.56. The number of furan rings is 1. The average molecular weight is 501 g/mol. The highest BCUT2D eigenvalue weighted by molar-refractivity contribution is 8.18. The van der Waals surface area contributed by atoms with E-state index in [1.807, 2.05) is 32.0 Å². The Morgan fingerprint density at radius 1 is 1.09 bits per heavy atom. The number of thioether (sulfide) groups is 1. The van der Waals surface area contributed by atoms with Crippen LogP contribution in [0.15, 0.2) is 57.9 Å². The zero-order valence-electron chi connectivity index (χ0n) is 17.6. The summed E-state index contributed by atoms with van der Waals surface area (Å²) in [5.74, 6) is -0.167. The smallest absolute Gasteiger partial charge is 0.294 e. The molecule has 33 heavy (non-hydrogen) atoms. The summed E-state index contributed by atoms with van der Waals surface area (Å²) in [6.07, 6.45) is 1.47. The third-order valence-corrected chi connectivity index (χ3v) is 6.49. The molecule has 1 N–H and O–H groups in total. The van der Waals surface area contributed by atoms with E-state index in [0.717, 1.165) is 27.8 Å². The van der Waals surface area contributed by atoms with Crippen LogP contribution < -0.4 is 5.32 Å². The van der Waals surface area contributed by atoms with Crippen molar-refractivity contribution in [1.29, 1.82) is 0 Å². The Balaban J connectivity index is 1.49. The topological polar surface area (TPSA) is 79.6 Å². The highest BCUT2D eigenvalue weighted by atomic mass is 35.5. The van der Waals surface area contributed by atoms with Gasteiger partial charge in [-0.05, 0) is 67.1 Å². The van der Waals surface area contributed by atoms with Gasteiger partial charge in [-0.1, -0.05) is 41.4 Å². The van der Waals surface area contributed by atoms with Crippen LogP contribution in [-0.2, 0) is 9.59 Å². The molecule has 2 aromatic carbocycles. The lowest BCUT2D eigenvalue weighted by atomic mass is 10.1. The van der Waals surface area contributed by atoms with Gasteiger partial charge in [0.1, 0.15) is 18.1 Å². The van der Waals surface area contributed by atoms with Crippen LogP contribution >= 0.6 is 35.0 Å². The summed E-state index contributed by atoms with van der Waals surface area (Å²) in [5, 5.41) is 3.24. The Kier molecular flexibility index (Phi) is 6.65. The predicted octanol–water partition coefficient (Wildman–Crippen LogP) is 6.55. The number of aryl methyl sites for hydroxylation is 2. The van der Waals surface area contributed by atoms with E-state index >= 15 is 0 Å². The molecule has 2 heterocycles. The van der Waals surface area contributed by atoms with Gasteiger partial charge in [0.25, 0.3) is 11.1 Å². The number of para-hydroxylation sites is 1. The van der Waals surface area contributed by atoms with Crippen LogP contribution in [0, 0.1) is 13.8 Å². The number of carbonyl (C=O) groups is 3. The molecule has 9 heteroatoms. The van der Waals surface area contributed by atoms with Gasteiger partial charge >= 0.3 is 0 Å². The average Bonchev–Trinajstić information content (AvgIpc) is 3.33. The second-order valence-corrected chi connectivity index (χ2v) is 9.25. The van der Waals surface area contributed by atoms with Crippen LogP contribution in [0.5, 0.6) is 0 Å². The Morgan fingerprint density at radius 3 is 2.55 bits per heavy atom. The van der Waals surface area contributed by atoms with Crippen LogP contribution in [-0.4, -0.2) is 28.5 Å². The number of halogens is 2. The highest BCUT2D eigenvalue weighted by Crippen LogP contribution is 2.35. The van der Waals surface area contributed by atoms with Crippen molar-refractivity contribution in [3.8, 4) is 11.3 Å². The van der Waals surface area contributed by atoms with Crippen molar-refractivity contribution in [2.75, 3.05) is 11.9 Å². The van der Waals surface area contributed by atoms with E-state index in [2.05, 4.69) is 5.32 Å². The minimum Gasteiger partial charge on any atom is -0.457 e. The summed E-state index contributed by atoms with van der Waals surface area (Å²) in [6.45, 7) is 3.37. The molecule has 0 bridgehead atoms. The molecule has 0 unspecified atom stereocenters. The number of nitrogens with one attached hydrogen (secondary N) is 1. The van der Waals surface area contributed by atoms with Gasteiger partial charge < -0.3 is 9.73 Å². The van der Waals surface area contributed by atoms with Gasteiger partial charge in [-0.3, -0.25) is 19.3 Å². The summed E-state index contributed by atoms with van der Waals surface area (Å²) < 4.78 is 5.78. The normalized spacial score (nSPS) is 14.9. The molecule has 0 radical (unpaired) electrons. The van der Waals surface area contributed by atoms with Crippen LogP contribution in [0.1, 0.15) is 16.9 Å². The number of hydrogen-bond acceptors (Lipinski definition) is 5. The Morgan fingerprint density at radius 2 is 1.82 bits per heavy atom. The second kappa shape index (κ2) is 9.47. The molecule has 168 valence electrons. The summed E-state index contributed by atoms with van der Waals surface area (Å²) in [6, 6.07) is 14.0. The van der Waals surface area contributed by atoms with E-state index in [1.54, 1.807) is 30.3 Å². The number of carbonyl (C=O) groups excluding carboxylic acids is 3. The van der Waals surface area contributed by atoms with Gasteiger partial charge in [0.15, 0.2) is 0 Å². The van der Waals surface area contributed by atoms with Crippen LogP contribution in [0.2, 0.25) is 10.0 Å². The number of rotatable bonds is 5. The van der Waals surface area contributed by atoms with Crippen molar-refractivity contribution in [2.45, 2.75) is 13.8 Å². The Labute approximate surface area is 204 Å². The SMILES string of the molecule is Cc1cccc(C)c1NC(=O)CN1C(=O)S/C(=C/c2ccc(-c3cc(Cl)ccc3Cl)o2)C1=O. The van der Waals surface area contributed by atoms with E-state index in [0.29, 0.717) is 32.8 Å². The third kappa shape index (κ3) is 5.00. The van der Waals surface area contributed by atoms with Crippen molar-refractivity contribution in [3.63, 3.8) is 0 Å². The van der Waals surface area contributed by atoms with Crippen molar-refractivity contribution >= 4 is 63.8 Å². The first-order valence-electron chi connectivity index (χ1n) is 9.89. The van der Waals surface area contributed by atoms with Crippen molar-refractivity contribution in [3.05, 3.63) is 80.4 Å². The van der Waals surface area contributed by atoms with Gasteiger partial charge in [-0.2, -0.15) is 0 Å². The number of hydrogen-bond donors (Lipinski definition) is 1. The number of benzene rings is 2. The zero-order valence-corrected chi connectivity index (χ0v) is 20.0. The maximum absolute atomic E-state index is 12.8. The van der Waals surface area contributed by atoms with Crippen molar-refractivity contribution in [1.82, 2.24) is 4.90 Å². The van der Waals surface area contributed by atoms with Gasteiger partial charge in [0.05, 0.1) is 9.93 Å². The zero-order chi connectivity index (χ0) is 23.7. The maximum atomic E-state index is 12.8. The number of anilines is 1. The molecular weight excluding hydrogens is 483 g/mol. The summed E-state index contributed by atoms with van der Waals surface area (Å²) in [7, 11) is 0. The Bertz CT molecular complexity index is 1300. The molecule has 0 aliphatic carbocycles. The van der Waals surface area contributed by atoms with Gasteiger partial charge in [-0.15, -0.1) is 0 Å². The minimum absolute atomic E-state index is 0.165. The largest absolute Gasteiger partial charge is 0.457 e. The lowest BCUT2D eigenvalue weighted by molar-refractivity contribution is -0.127. The van der Waals surface area contributed by atoms with Crippen LogP contribution in [0.3, 0.4) is 0 Å². The lowest BCUT2D eigenvalue weighted by Gasteiger charge is -2.15. The van der Waals surface area contributed by atoms with Crippen molar-refractivity contribution in [2.24, 2.45) is 0 Å². The predicted molar refractivity (Wildman–Crippen MR) is 131 cm³/mol. The Hall–Kier alpha value is -3.00. The molecule has 1 saturated heterocycles. The molecule has 1 aliphatic rings. The molecule has 1 fully saturated rings. The molecule has 3 amide bonds. The molecule has 1 aromatic heterocycles. The second-order valence-electron chi connectivity index (χ2n) is 7.41. The van der Waals surface area contributed by atoms with Crippen LogP contribution in [0.25, 0.3) is 17.4 Å². The summed E-state index contributed by atoms with van der Waals surface area (Å²) in [5.41, 5.74) is 3.07. The fraction of sp³-hybridized carbons (Fsp3) is 0.125. The maximum Gasteiger partial charge on any atom is 0.294 e. The lowest BCUT2D eigenvalue weighted by Crippen LogP contribution is -2.36. The quantitative estimate of drug-likeness (QED) is 0.402. The van der Waals surface area contributed by atoms with E-state index in [9.17, 15) is 14.4 Å². The molecular formula is C24H18Cl2N2O4S. The summed E-state index contributed by atoms with van der Waals surface area (Å²) in [4.78, 5) is 38.8. The molecule has 0 spiro atoms. The first kappa shape index (κ1) is 23.2. The van der Waals surface area contributed by atoms with Gasteiger partial charge in [-0.25, -0.2) is 0 Å². The molecule has 3 aromatic rings. The standard InChI is InChI=1S/C24H18Cl2N2O4S/c1-13-4-3-5-14(2)22(13)27-21(29)12-28-23(30)20(33-24(28)31)11-16-7-9-19(32-16)17-10-15(25)6-8-18(17)26/h3-11H,12H2,1-2H3,(H,27,29)/b20-11+. The molecule has 6 nitrogen and oxygen atoms in total. The first-order valence-corrected chi connectivity index (χ1v) is 11.5. The molecule has 4 rings (SSSR count). The van der Waals surface area contributed by atoms with E-state index < -0.39 is 17.1 Å². The number of amides is 3. The minimum atomic E-state index is -0.555. The molecule has 1 aliphatic heterocycles.